The Bertz CT molecular complexity index is 695. The first kappa shape index (κ1) is 22.4. The number of hydrogen-bond acceptors (Lipinski definition) is 6. The lowest BCUT2D eigenvalue weighted by atomic mass is 10.1. The number of esters is 2. The predicted molar refractivity (Wildman–Crippen MR) is 108 cm³/mol. The van der Waals surface area contributed by atoms with Crippen molar-refractivity contribution >= 4 is 35.5 Å². The van der Waals surface area contributed by atoms with Crippen LogP contribution >= 0.6 is 23.5 Å². The van der Waals surface area contributed by atoms with Crippen LogP contribution in [0.25, 0.3) is 0 Å². The molecule has 0 N–H and O–H groups in total. The van der Waals surface area contributed by atoms with E-state index in [2.05, 4.69) is 27.0 Å². The minimum absolute atomic E-state index is 0.289. The van der Waals surface area contributed by atoms with E-state index in [1.807, 2.05) is 12.1 Å². The number of hydrogen-bond donors (Lipinski definition) is 0. The van der Waals surface area contributed by atoms with Gasteiger partial charge in [0.05, 0.1) is 0 Å². The number of thioether (sulfide) groups is 2. The number of rotatable bonds is 10. The Hall–Kier alpha value is -1.66. The molecule has 0 aromatic heterocycles. The van der Waals surface area contributed by atoms with E-state index in [0.29, 0.717) is 29.3 Å². The number of ether oxygens (including phenoxy) is 2. The van der Waals surface area contributed by atoms with Crippen LogP contribution in [0.5, 0.6) is 0 Å². The average molecular weight is 393 g/mol. The molecule has 1 rings (SSSR count). The molecule has 0 unspecified atom stereocenters. The second-order valence-electron chi connectivity index (χ2n) is 5.56. The Morgan fingerprint density at radius 3 is 1.92 bits per heavy atom. The molecule has 0 saturated heterocycles. The Morgan fingerprint density at radius 2 is 1.42 bits per heavy atom. The maximum atomic E-state index is 11.4. The summed E-state index contributed by atoms with van der Waals surface area (Å²) in [7, 11) is 0. The highest BCUT2D eigenvalue weighted by Crippen LogP contribution is 2.35. The molecule has 4 nitrogen and oxygen atoms in total. The Balaban J connectivity index is 2.62. The molecule has 0 spiro atoms. The Morgan fingerprint density at radius 1 is 0.923 bits per heavy atom. The van der Waals surface area contributed by atoms with Crippen LogP contribution in [-0.2, 0) is 19.1 Å². The summed E-state index contributed by atoms with van der Waals surface area (Å²) >= 11 is 3.13. The molecule has 0 bridgehead atoms. The molecule has 0 heterocycles. The molecule has 0 fully saturated rings. The molecular weight excluding hydrogens is 368 g/mol. The Labute approximate surface area is 164 Å². The van der Waals surface area contributed by atoms with Crippen LogP contribution in [0.15, 0.2) is 46.2 Å². The minimum atomic E-state index is -0.389. The monoisotopic (exact) mass is 392 g/mol. The van der Waals surface area contributed by atoms with Gasteiger partial charge in [-0.1, -0.05) is 19.2 Å². The average Bonchev–Trinajstić information content (AvgIpc) is 2.59. The number of carbonyl (C=O) groups excluding carboxylic acids is 2. The van der Waals surface area contributed by atoms with Crippen LogP contribution in [0.4, 0.5) is 0 Å². The molecule has 0 amide bonds. The van der Waals surface area contributed by atoms with Crippen molar-refractivity contribution in [2.75, 3.05) is 24.7 Å². The second-order valence-corrected chi connectivity index (χ2v) is 7.80. The highest BCUT2D eigenvalue weighted by molar-refractivity contribution is 8.02. The van der Waals surface area contributed by atoms with Gasteiger partial charge in [0.2, 0.25) is 0 Å². The van der Waals surface area contributed by atoms with Crippen molar-refractivity contribution in [3.63, 3.8) is 0 Å². The summed E-state index contributed by atoms with van der Waals surface area (Å²) in [6.07, 6.45) is 0. The molecule has 1 aromatic carbocycles. The third-order valence-corrected chi connectivity index (χ3v) is 5.43. The van der Waals surface area contributed by atoms with Gasteiger partial charge in [0, 0.05) is 32.4 Å². The minimum Gasteiger partial charge on any atom is -0.461 e. The Kier molecular flexibility index (Phi) is 9.59. The normalized spacial score (nSPS) is 10.3. The van der Waals surface area contributed by atoms with Gasteiger partial charge in [0.25, 0.3) is 0 Å². The highest BCUT2D eigenvalue weighted by Gasteiger charge is 2.11. The van der Waals surface area contributed by atoms with Crippen LogP contribution < -0.4 is 0 Å². The van der Waals surface area contributed by atoms with E-state index in [4.69, 9.17) is 9.47 Å². The van der Waals surface area contributed by atoms with Crippen molar-refractivity contribution in [1.29, 1.82) is 0 Å². The first-order chi connectivity index (χ1) is 12.2. The number of carbonyl (C=O) groups is 2. The van der Waals surface area contributed by atoms with E-state index in [0.717, 1.165) is 20.9 Å². The maximum absolute atomic E-state index is 11.4. The second kappa shape index (κ2) is 11.1. The lowest BCUT2D eigenvalue weighted by Crippen LogP contribution is -2.08. The van der Waals surface area contributed by atoms with Crippen molar-refractivity contribution in [2.24, 2.45) is 0 Å². The summed E-state index contributed by atoms with van der Waals surface area (Å²) in [4.78, 5) is 24.8. The van der Waals surface area contributed by atoms with Crippen LogP contribution in [-0.4, -0.2) is 36.7 Å². The van der Waals surface area contributed by atoms with E-state index >= 15 is 0 Å². The van der Waals surface area contributed by atoms with Crippen molar-refractivity contribution in [3.05, 3.63) is 61.4 Å². The predicted octanol–water partition coefficient (Wildman–Crippen LogP) is 4.47. The van der Waals surface area contributed by atoms with Gasteiger partial charge < -0.3 is 9.47 Å². The largest absolute Gasteiger partial charge is 0.461 e. The standard InChI is InChI=1S/C20H24O4S2/c1-13(2)19(21)23-9-11-25-17-8-7-15(5)16(6)18(17)26-12-10-24-20(22)14(3)4/h7-8H,1,3,5-6,9-12H2,2,4H3. The van der Waals surface area contributed by atoms with Gasteiger partial charge >= 0.3 is 11.9 Å². The third-order valence-electron chi connectivity index (χ3n) is 3.16. The molecule has 0 aliphatic carbocycles. The van der Waals surface area contributed by atoms with Gasteiger partial charge in [0.1, 0.15) is 13.2 Å². The zero-order chi connectivity index (χ0) is 19.7. The van der Waals surface area contributed by atoms with Crippen LogP contribution in [0.3, 0.4) is 0 Å². The van der Waals surface area contributed by atoms with Gasteiger partial charge in [-0.3, -0.25) is 0 Å². The fraction of sp³-hybridized carbons (Fsp3) is 0.300. The maximum Gasteiger partial charge on any atom is 0.333 e. The van der Waals surface area contributed by atoms with Gasteiger partial charge in [-0.2, -0.15) is 0 Å². The van der Waals surface area contributed by atoms with Crippen LogP contribution in [0, 0.1) is 13.8 Å². The fourth-order valence-corrected chi connectivity index (χ4v) is 3.77. The first-order valence-corrected chi connectivity index (χ1v) is 9.93. The van der Waals surface area contributed by atoms with Crippen molar-refractivity contribution in [1.82, 2.24) is 0 Å². The zero-order valence-electron chi connectivity index (χ0n) is 15.3. The van der Waals surface area contributed by atoms with Crippen molar-refractivity contribution in [2.45, 2.75) is 23.6 Å². The van der Waals surface area contributed by atoms with Crippen LogP contribution in [0.1, 0.15) is 25.0 Å². The fourth-order valence-electron chi connectivity index (χ4n) is 1.73. The summed E-state index contributed by atoms with van der Waals surface area (Å²) < 4.78 is 10.2. The summed E-state index contributed by atoms with van der Waals surface area (Å²) in [5, 5.41) is 0. The van der Waals surface area contributed by atoms with E-state index in [-0.39, 0.29) is 18.5 Å². The molecule has 0 saturated carbocycles. The van der Waals surface area contributed by atoms with Gasteiger partial charge in [-0.05, 0) is 44.9 Å². The molecule has 1 aromatic rings. The molecule has 0 atom stereocenters. The first-order valence-electron chi connectivity index (χ1n) is 7.95. The van der Waals surface area contributed by atoms with E-state index in [1.54, 1.807) is 37.4 Å². The topological polar surface area (TPSA) is 52.6 Å². The molecule has 6 heteroatoms. The number of benzene rings is 1. The van der Waals surface area contributed by atoms with Gasteiger partial charge in [-0.25, -0.2) is 9.59 Å². The molecule has 140 valence electrons. The van der Waals surface area contributed by atoms with Crippen molar-refractivity contribution in [3.8, 4) is 0 Å². The molecule has 0 aliphatic heterocycles. The SMILES string of the molecule is [CH2]c1ccc(SCCOC(=O)C(=C)C)c(SCCOC(=O)C(=C)C)c1[CH2]. The molecule has 0 aliphatic rings. The van der Waals surface area contributed by atoms with E-state index < -0.39 is 0 Å². The van der Waals surface area contributed by atoms with Crippen LogP contribution in [0.2, 0.25) is 0 Å². The van der Waals surface area contributed by atoms with Gasteiger partial charge in [0.15, 0.2) is 0 Å². The smallest absolute Gasteiger partial charge is 0.333 e. The van der Waals surface area contributed by atoms with Gasteiger partial charge in [-0.15, -0.1) is 23.5 Å². The lowest BCUT2D eigenvalue weighted by Gasteiger charge is -2.14. The quantitative estimate of drug-likeness (QED) is 0.253. The van der Waals surface area contributed by atoms with E-state index in [9.17, 15) is 9.59 Å². The van der Waals surface area contributed by atoms with Crippen molar-refractivity contribution < 1.29 is 19.1 Å². The summed E-state index contributed by atoms with van der Waals surface area (Å²) in [5.74, 6) is 0.446. The zero-order valence-corrected chi connectivity index (χ0v) is 16.9. The summed E-state index contributed by atoms with van der Waals surface area (Å²) in [6, 6.07) is 3.89. The van der Waals surface area contributed by atoms with E-state index in [1.165, 1.54) is 0 Å². The molecule has 2 radical (unpaired) electrons. The summed E-state index contributed by atoms with van der Waals surface area (Å²) in [5.41, 5.74) is 2.47. The summed E-state index contributed by atoms with van der Waals surface area (Å²) in [6.45, 7) is 19.0. The highest BCUT2D eigenvalue weighted by atomic mass is 32.2. The molecule has 26 heavy (non-hydrogen) atoms. The lowest BCUT2D eigenvalue weighted by molar-refractivity contribution is -0.139. The third kappa shape index (κ3) is 7.30. The molecular formula is C20H24O4S2.